The van der Waals surface area contributed by atoms with Gasteiger partial charge in [0.15, 0.2) is 18.9 Å². The fraction of sp³-hybridized carbons (Fsp3) is 0.929. The van der Waals surface area contributed by atoms with Gasteiger partial charge < -0.3 is 135 Å². The van der Waals surface area contributed by atoms with E-state index in [-0.39, 0.29) is 76.6 Å². The van der Waals surface area contributed by atoms with Crippen molar-refractivity contribution in [3.05, 3.63) is 0 Å². The molecule has 0 saturated carbocycles. The SMILES string of the molecule is COCC1O[C@H](OCCC2O[C@H](OCC3O[C@H](OC)C(OCCCSCCNC(=O)CN(CCN(C)CCN(C)CC(=O)O)CC(=O)O)[C@@H](O)[C@@H]3O)C(OCCCSCCN)[C@@H](O)[C@@H]2O)C(OCCCSCCN=C(N)CS[C@H]2OC(CO)[C@@H](O)C(O)[C@H]2O)[C@@H](O)[C@@H]1O. The highest BCUT2D eigenvalue weighted by Crippen LogP contribution is 2.32. The van der Waals surface area contributed by atoms with Crippen molar-refractivity contribution in [3.8, 4) is 0 Å². The van der Waals surface area contributed by atoms with Crippen molar-refractivity contribution < 1.29 is 128 Å². The third-order valence-corrected chi connectivity index (χ3v) is 19.7. The minimum atomic E-state index is -1.55. The van der Waals surface area contributed by atoms with Crippen LogP contribution in [0, 0.1) is 0 Å². The van der Waals surface area contributed by atoms with Crippen LogP contribution in [0.4, 0.5) is 0 Å². The predicted molar refractivity (Wildman–Crippen MR) is 344 cm³/mol. The third kappa shape index (κ3) is 29.9. The molecule has 37 heteroatoms. The number of aliphatic hydroxyl groups is 10. The lowest BCUT2D eigenvalue weighted by molar-refractivity contribution is -0.337. The lowest BCUT2D eigenvalue weighted by atomic mass is 9.96. The van der Waals surface area contributed by atoms with Crippen LogP contribution in [0.15, 0.2) is 4.99 Å². The number of nitrogens with two attached hydrogens (primary N) is 2. The van der Waals surface area contributed by atoms with Gasteiger partial charge in [-0.3, -0.25) is 29.2 Å². The Labute approximate surface area is 560 Å². The Morgan fingerprint density at radius 3 is 1.65 bits per heavy atom. The summed E-state index contributed by atoms with van der Waals surface area (Å²) in [6.45, 7) is 1.71. The van der Waals surface area contributed by atoms with Crippen LogP contribution in [-0.2, 0) is 66.5 Å². The summed E-state index contributed by atoms with van der Waals surface area (Å²) < 4.78 is 65.1. The molecule has 0 aromatic rings. The summed E-state index contributed by atoms with van der Waals surface area (Å²) in [5.41, 5.74) is 10.8. The van der Waals surface area contributed by atoms with Gasteiger partial charge in [-0.1, -0.05) is 0 Å². The van der Waals surface area contributed by atoms with Crippen molar-refractivity contribution in [1.82, 2.24) is 20.0 Å². The van der Waals surface area contributed by atoms with E-state index in [1.807, 2.05) is 11.9 Å². The fourth-order valence-electron chi connectivity index (χ4n) is 10.1. The van der Waals surface area contributed by atoms with Gasteiger partial charge in [-0.2, -0.15) is 35.3 Å². The molecule has 0 radical (unpaired) electrons. The molecule has 0 spiro atoms. The van der Waals surface area contributed by atoms with Gasteiger partial charge in [0.25, 0.3) is 0 Å². The first kappa shape index (κ1) is 83.7. The second-order valence-electron chi connectivity index (χ2n) is 22.7. The zero-order valence-electron chi connectivity index (χ0n) is 53.5. The number of nitrogens with zero attached hydrogens (tertiary/aromatic N) is 4. The Kier molecular flexibility index (Phi) is 41.9. The fourth-order valence-corrected chi connectivity index (χ4v) is 13.3. The summed E-state index contributed by atoms with van der Waals surface area (Å²) in [6.07, 6.45) is -23.4. The van der Waals surface area contributed by atoms with Crippen molar-refractivity contribution in [2.24, 2.45) is 16.5 Å². The molecule has 0 aliphatic carbocycles. The van der Waals surface area contributed by atoms with Gasteiger partial charge in [-0.25, -0.2) is 0 Å². The van der Waals surface area contributed by atoms with Gasteiger partial charge in [0.1, 0.15) is 103 Å². The molecule has 0 aromatic heterocycles. The van der Waals surface area contributed by atoms with Crippen LogP contribution in [0.1, 0.15) is 25.7 Å². The van der Waals surface area contributed by atoms with Crippen LogP contribution in [0.3, 0.4) is 0 Å². The molecule has 0 aromatic carbocycles. The van der Waals surface area contributed by atoms with E-state index in [9.17, 15) is 70.6 Å². The number of likely N-dealkylation sites (N-methyl/N-ethyl adjacent to an activating group) is 2. The van der Waals surface area contributed by atoms with E-state index >= 15 is 0 Å². The molecule has 4 saturated heterocycles. The van der Waals surface area contributed by atoms with Gasteiger partial charge >= 0.3 is 11.9 Å². The Morgan fingerprint density at radius 1 is 0.548 bits per heavy atom. The highest BCUT2D eigenvalue weighted by Gasteiger charge is 2.51. The van der Waals surface area contributed by atoms with Gasteiger partial charge in [0.2, 0.25) is 5.91 Å². The summed E-state index contributed by atoms with van der Waals surface area (Å²) >= 11 is 5.79. The quantitative estimate of drug-likeness (QED) is 0.0153. The van der Waals surface area contributed by atoms with E-state index in [1.165, 1.54) is 30.9 Å². The van der Waals surface area contributed by atoms with E-state index in [1.54, 1.807) is 35.5 Å². The number of amides is 1. The van der Waals surface area contributed by atoms with Crippen LogP contribution in [0.5, 0.6) is 0 Å². The first-order valence-electron chi connectivity index (χ1n) is 31.1. The summed E-state index contributed by atoms with van der Waals surface area (Å²) in [5.74, 6) is 1.90. The van der Waals surface area contributed by atoms with Crippen LogP contribution < -0.4 is 16.8 Å². The van der Waals surface area contributed by atoms with Crippen molar-refractivity contribution in [1.29, 1.82) is 0 Å². The second-order valence-corrected chi connectivity index (χ2v) is 27.5. The number of carbonyl (C=O) groups is 3. The molecule has 0 bridgehead atoms. The van der Waals surface area contributed by atoms with Crippen LogP contribution in [0.25, 0.3) is 0 Å². The Morgan fingerprint density at radius 2 is 1.06 bits per heavy atom. The first-order valence-corrected chi connectivity index (χ1v) is 35.6. The number of carboxylic acid groups (broad SMARTS) is 2. The maximum atomic E-state index is 12.7. The Hall–Kier alpha value is -1.72. The number of nitrogens with one attached hydrogen (secondary N) is 1. The highest BCUT2D eigenvalue weighted by atomic mass is 32.2. The number of hydrogen-bond acceptors (Lipinski definition) is 33. The molecular weight excluding hydrogens is 1310 g/mol. The Balaban J connectivity index is 1.24. The number of rotatable bonds is 49. The molecule has 4 rings (SSSR count). The summed E-state index contributed by atoms with van der Waals surface area (Å²) in [7, 11) is 6.28. The molecule has 4 fully saturated rings. The lowest BCUT2D eigenvalue weighted by Crippen LogP contribution is -2.62. The maximum absolute atomic E-state index is 12.7. The minimum absolute atomic E-state index is 0.0630. The van der Waals surface area contributed by atoms with Crippen LogP contribution >= 0.6 is 47.0 Å². The first-order chi connectivity index (χ1) is 44.5. The summed E-state index contributed by atoms with van der Waals surface area (Å²) in [4.78, 5) is 44.6. The molecule has 33 nitrogen and oxygen atoms in total. The normalized spacial score (nSPS) is 32.0. The maximum Gasteiger partial charge on any atom is 0.317 e. The van der Waals surface area contributed by atoms with Gasteiger partial charge in [0.05, 0.1) is 57.9 Å². The minimum Gasteiger partial charge on any atom is -0.480 e. The largest absolute Gasteiger partial charge is 0.480 e. The van der Waals surface area contributed by atoms with Crippen molar-refractivity contribution in [3.63, 3.8) is 0 Å². The number of aliphatic carboxylic acids is 2. The molecular formula is C56H105N7O26S4. The zero-order chi connectivity index (χ0) is 68.4. The van der Waals surface area contributed by atoms with E-state index < -0.39 is 147 Å². The molecule has 20 atom stereocenters. The topological polar surface area (TPSA) is 482 Å². The Bertz CT molecular complexity index is 2090. The zero-order valence-corrected chi connectivity index (χ0v) is 56.8. The van der Waals surface area contributed by atoms with E-state index in [0.29, 0.717) is 93.8 Å². The standard InChI is InChI=1S/C56H105N7O26S4/c1-61(12-13-62(2)27-39(66)67)14-15-63(28-40(68)69)26-38(65)60-11-25-92-22-6-16-81-50-47(76)44(73)36(87-53(50)80-4)31-85-55-52(83-17-5-20-90-23-9-57)46(75)41(70)33(86-55)8-19-84-54-51(48(77)43(72)35(88-54)30-79-3)82-18-7-21-91-24-10-59-37(58)32-93-56-49(78)45(74)42(71)34(29-64)89-56/h33-36,41-56,64,70-78H,5-32,57H2,1-4H3,(H2,58,59)(H,60,65)(H,66,67)(H,68,69)/t33?,34?,35?,36?,41-,42-,43-,44-,45?,46+,47+,48+,49-,50?,51?,52?,53+,54+,55+,56-/m1/s1. The molecule has 8 unspecified atom stereocenters. The number of methoxy groups -OCH3 is 2. The predicted octanol–water partition coefficient (Wildman–Crippen LogP) is -6.13. The monoisotopic (exact) mass is 1420 g/mol. The number of amidine groups is 1. The molecule has 1 amide bonds. The van der Waals surface area contributed by atoms with Gasteiger partial charge in [-0.15, -0.1) is 11.8 Å². The van der Waals surface area contributed by atoms with Gasteiger partial charge in [-0.05, 0) is 57.0 Å². The van der Waals surface area contributed by atoms with Crippen molar-refractivity contribution in [2.45, 2.75) is 148 Å². The average Bonchev–Trinajstić information content (AvgIpc) is 0.901. The number of ether oxygens (including phenoxy) is 11. The number of aliphatic hydroxyl groups excluding tert-OH is 10. The molecule has 4 aliphatic rings. The average molecular weight is 1420 g/mol. The highest BCUT2D eigenvalue weighted by molar-refractivity contribution is 8.00. The number of aliphatic imine (C=N–C) groups is 1. The number of carbonyl (C=O) groups excluding carboxylic acids is 1. The van der Waals surface area contributed by atoms with Crippen molar-refractivity contribution >= 4 is 70.7 Å². The van der Waals surface area contributed by atoms with E-state index in [4.69, 9.17) is 68.7 Å². The van der Waals surface area contributed by atoms with Crippen LogP contribution in [0.2, 0.25) is 0 Å². The lowest BCUT2D eigenvalue weighted by Gasteiger charge is -2.45. The smallest absolute Gasteiger partial charge is 0.317 e. The molecule has 17 N–H and O–H groups in total. The summed E-state index contributed by atoms with van der Waals surface area (Å²) in [6, 6.07) is 0. The molecule has 4 aliphatic heterocycles. The van der Waals surface area contributed by atoms with Crippen LogP contribution in [-0.4, -0.2) is 402 Å². The molecule has 4 heterocycles. The van der Waals surface area contributed by atoms with Gasteiger partial charge in [0, 0.05) is 97.1 Å². The number of thioether (sulfide) groups is 4. The van der Waals surface area contributed by atoms with E-state index in [2.05, 4.69) is 10.3 Å². The second kappa shape index (κ2) is 46.6. The number of carboxylic acids is 2. The number of hydrogen-bond donors (Lipinski definition) is 15. The van der Waals surface area contributed by atoms with Crippen molar-refractivity contribution in [2.75, 3.05) is 180 Å². The third-order valence-electron chi connectivity index (χ3n) is 15.3. The molecule has 544 valence electrons. The summed E-state index contributed by atoms with van der Waals surface area (Å²) in [5, 5.41) is 129. The molecule has 93 heavy (non-hydrogen) atoms. The van der Waals surface area contributed by atoms with E-state index in [0.717, 1.165) is 17.5 Å².